The molecule has 2 rings (SSSR count). The quantitative estimate of drug-likeness (QED) is 0.305. The SMILES string of the molecule is CCCCOc1cc(C=C(CCOCC)C(=O)O)ccc1OCCc1ccc(O)c(F)c1. The summed E-state index contributed by atoms with van der Waals surface area (Å²) in [6.07, 6.45) is 4.21. The predicted molar refractivity (Wildman–Crippen MR) is 121 cm³/mol. The molecule has 2 aromatic rings. The zero-order valence-electron chi connectivity index (χ0n) is 18.6. The van der Waals surface area contributed by atoms with Gasteiger partial charge in [0.15, 0.2) is 23.1 Å². The number of rotatable bonds is 14. The summed E-state index contributed by atoms with van der Waals surface area (Å²) in [5.74, 6) is -0.977. The number of phenols is 1. The molecule has 0 saturated heterocycles. The molecule has 0 fully saturated rings. The van der Waals surface area contributed by atoms with Gasteiger partial charge in [0.25, 0.3) is 0 Å². The first-order valence-electron chi connectivity index (χ1n) is 10.8. The van der Waals surface area contributed by atoms with Gasteiger partial charge < -0.3 is 24.4 Å². The number of halogens is 1. The lowest BCUT2D eigenvalue weighted by molar-refractivity contribution is -0.132. The highest BCUT2D eigenvalue weighted by Gasteiger charge is 2.11. The molecule has 6 nitrogen and oxygen atoms in total. The zero-order valence-corrected chi connectivity index (χ0v) is 18.6. The Hall–Kier alpha value is -3.06. The molecule has 2 N–H and O–H groups in total. The Morgan fingerprint density at radius 2 is 1.81 bits per heavy atom. The highest BCUT2D eigenvalue weighted by Crippen LogP contribution is 2.30. The maximum Gasteiger partial charge on any atom is 0.331 e. The van der Waals surface area contributed by atoms with E-state index in [0.717, 1.165) is 12.8 Å². The van der Waals surface area contributed by atoms with Crippen LogP contribution < -0.4 is 9.47 Å². The molecule has 0 saturated carbocycles. The van der Waals surface area contributed by atoms with Crippen molar-refractivity contribution in [2.24, 2.45) is 0 Å². The molecule has 0 atom stereocenters. The van der Waals surface area contributed by atoms with Gasteiger partial charge in [-0.1, -0.05) is 25.5 Å². The van der Waals surface area contributed by atoms with Gasteiger partial charge in [0.1, 0.15) is 0 Å². The minimum atomic E-state index is -0.986. The molecule has 0 spiro atoms. The number of benzene rings is 2. The number of ether oxygens (including phenoxy) is 3. The van der Waals surface area contributed by atoms with E-state index in [1.54, 1.807) is 30.3 Å². The van der Waals surface area contributed by atoms with Crippen LogP contribution in [0.2, 0.25) is 0 Å². The lowest BCUT2D eigenvalue weighted by Crippen LogP contribution is -2.06. The number of carboxylic acid groups (broad SMARTS) is 1. The van der Waals surface area contributed by atoms with Crippen molar-refractivity contribution in [3.8, 4) is 17.2 Å². The summed E-state index contributed by atoms with van der Waals surface area (Å²) in [6.45, 7) is 5.60. The smallest absolute Gasteiger partial charge is 0.331 e. The van der Waals surface area contributed by atoms with Crippen molar-refractivity contribution in [2.75, 3.05) is 26.4 Å². The molecule has 0 aliphatic heterocycles. The lowest BCUT2D eigenvalue weighted by Gasteiger charge is -2.14. The van der Waals surface area contributed by atoms with Crippen LogP contribution in [0.1, 0.15) is 44.2 Å². The van der Waals surface area contributed by atoms with E-state index in [0.29, 0.717) is 55.3 Å². The zero-order chi connectivity index (χ0) is 23.3. The number of carbonyl (C=O) groups is 1. The fraction of sp³-hybridized carbons (Fsp3) is 0.400. The van der Waals surface area contributed by atoms with E-state index in [9.17, 15) is 19.4 Å². The van der Waals surface area contributed by atoms with Crippen molar-refractivity contribution in [3.63, 3.8) is 0 Å². The normalized spacial score (nSPS) is 11.4. The van der Waals surface area contributed by atoms with Gasteiger partial charge in [0.2, 0.25) is 0 Å². The Morgan fingerprint density at radius 3 is 2.50 bits per heavy atom. The molecule has 0 bridgehead atoms. The molecule has 0 aliphatic carbocycles. The van der Waals surface area contributed by atoms with Crippen LogP contribution >= 0.6 is 0 Å². The Bertz CT molecular complexity index is 909. The van der Waals surface area contributed by atoms with Crippen molar-refractivity contribution in [1.29, 1.82) is 0 Å². The predicted octanol–water partition coefficient (Wildman–Crippen LogP) is 5.23. The lowest BCUT2D eigenvalue weighted by atomic mass is 10.1. The maximum absolute atomic E-state index is 13.5. The Labute approximate surface area is 188 Å². The minimum absolute atomic E-state index is 0.251. The van der Waals surface area contributed by atoms with E-state index in [-0.39, 0.29) is 17.9 Å². The van der Waals surface area contributed by atoms with Gasteiger partial charge >= 0.3 is 5.97 Å². The molecule has 0 aromatic heterocycles. The first-order chi connectivity index (χ1) is 15.4. The van der Waals surface area contributed by atoms with E-state index >= 15 is 0 Å². The van der Waals surface area contributed by atoms with Gasteiger partial charge in [0, 0.05) is 25.0 Å². The summed E-state index contributed by atoms with van der Waals surface area (Å²) in [7, 11) is 0. The van der Waals surface area contributed by atoms with E-state index in [1.807, 2.05) is 6.92 Å². The minimum Gasteiger partial charge on any atom is -0.505 e. The van der Waals surface area contributed by atoms with Crippen molar-refractivity contribution in [1.82, 2.24) is 0 Å². The maximum atomic E-state index is 13.5. The van der Waals surface area contributed by atoms with Crippen LogP contribution in [0.5, 0.6) is 17.2 Å². The van der Waals surface area contributed by atoms with Crippen LogP contribution in [-0.2, 0) is 16.0 Å². The average molecular weight is 447 g/mol. The number of carboxylic acids is 1. The first-order valence-corrected chi connectivity index (χ1v) is 10.8. The second-order valence-electron chi connectivity index (χ2n) is 7.21. The van der Waals surface area contributed by atoms with Gasteiger partial charge in [-0.05, 0) is 54.8 Å². The van der Waals surface area contributed by atoms with Crippen LogP contribution in [-0.4, -0.2) is 42.6 Å². The number of aromatic hydroxyl groups is 1. The van der Waals surface area contributed by atoms with Gasteiger partial charge in [-0.25, -0.2) is 9.18 Å². The highest BCUT2D eigenvalue weighted by molar-refractivity contribution is 5.92. The van der Waals surface area contributed by atoms with Crippen molar-refractivity contribution >= 4 is 12.0 Å². The number of aliphatic carboxylic acids is 1. The Morgan fingerprint density at radius 1 is 1.03 bits per heavy atom. The number of unbranched alkanes of at least 4 members (excludes halogenated alkanes) is 1. The third-order valence-electron chi connectivity index (χ3n) is 4.72. The molecule has 0 radical (unpaired) electrons. The Kier molecular flexibility index (Phi) is 10.5. The molecular formula is C25H31FO6. The van der Waals surface area contributed by atoms with Crippen LogP contribution in [0, 0.1) is 5.82 Å². The summed E-state index contributed by atoms with van der Waals surface area (Å²) in [6, 6.07) is 9.51. The first kappa shape index (κ1) is 25.2. The number of hydrogen-bond donors (Lipinski definition) is 2. The largest absolute Gasteiger partial charge is 0.505 e. The molecule has 0 heterocycles. The summed E-state index contributed by atoms with van der Waals surface area (Å²) in [5, 5.41) is 18.8. The topological polar surface area (TPSA) is 85.2 Å². The van der Waals surface area contributed by atoms with E-state index in [1.165, 1.54) is 12.1 Å². The molecule has 0 unspecified atom stereocenters. The van der Waals surface area contributed by atoms with Crippen LogP contribution in [0.3, 0.4) is 0 Å². The van der Waals surface area contributed by atoms with Crippen LogP contribution in [0.4, 0.5) is 4.39 Å². The monoisotopic (exact) mass is 446 g/mol. The van der Waals surface area contributed by atoms with Crippen LogP contribution in [0.25, 0.3) is 6.08 Å². The fourth-order valence-electron chi connectivity index (χ4n) is 2.93. The van der Waals surface area contributed by atoms with E-state index in [2.05, 4.69) is 6.92 Å². The molecule has 2 aromatic carbocycles. The van der Waals surface area contributed by atoms with Crippen LogP contribution in [0.15, 0.2) is 42.0 Å². The van der Waals surface area contributed by atoms with Crippen molar-refractivity contribution < 1.29 is 33.6 Å². The van der Waals surface area contributed by atoms with Gasteiger partial charge in [-0.2, -0.15) is 0 Å². The molecule has 32 heavy (non-hydrogen) atoms. The van der Waals surface area contributed by atoms with Crippen molar-refractivity contribution in [2.45, 2.75) is 39.5 Å². The summed E-state index contributed by atoms with van der Waals surface area (Å²) >= 11 is 0. The fourth-order valence-corrected chi connectivity index (χ4v) is 2.93. The standard InChI is InChI=1S/C25H31FO6/c1-3-5-12-31-24-17-19(15-20(25(28)29)11-13-30-4-2)7-9-23(24)32-14-10-18-6-8-22(27)21(26)16-18/h6-9,15-17,27H,3-5,10-14H2,1-2H3,(H,28,29). The number of phenolic OH excluding ortho intramolecular Hbond substituents is 1. The van der Waals surface area contributed by atoms with E-state index in [4.69, 9.17) is 14.2 Å². The number of hydrogen-bond acceptors (Lipinski definition) is 5. The molecular weight excluding hydrogens is 415 g/mol. The third kappa shape index (κ3) is 8.23. The van der Waals surface area contributed by atoms with Gasteiger partial charge in [-0.3, -0.25) is 0 Å². The molecule has 0 aliphatic rings. The second kappa shape index (κ2) is 13.4. The second-order valence-corrected chi connectivity index (χ2v) is 7.21. The molecule has 174 valence electrons. The molecule has 0 amide bonds. The molecule has 7 heteroatoms. The van der Waals surface area contributed by atoms with Crippen molar-refractivity contribution in [3.05, 3.63) is 58.9 Å². The third-order valence-corrected chi connectivity index (χ3v) is 4.72. The summed E-state index contributed by atoms with van der Waals surface area (Å²) in [4.78, 5) is 11.6. The highest BCUT2D eigenvalue weighted by atomic mass is 19.1. The summed E-state index contributed by atoms with van der Waals surface area (Å²) < 4.78 is 30.5. The Balaban J connectivity index is 2.14. The average Bonchev–Trinajstić information content (AvgIpc) is 2.77. The van der Waals surface area contributed by atoms with E-state index < -0.39 is 11.8 Å². The van der Waals surface area contributed by atoms with Gasteiger partial charge in [-0.15, -0.1) is 0 Å². The van der Waals surface area contributed by atoms with Gasteiger partial charge in [0.05, 0.1) is 19.8 Å². The summed E-state index contributed by atoms with van der Waals surface area (Å²) in [5.41, 5.74) is 1.65.